The minimum atomic E-state index is -4.66. The largest absolute Gasteiger partial charge is 0.505 e. The molecule has 0 spiro atoms. The highest BCUT2D eigenvalue weighted by atomic mass is 35.5. The number of hydrogen-bond acceptors (Lipinski definition) is 7. The zero-order chi connectivity index (χ0) is 27.6. The van der Waals surface area contributed by atoms with Crippen molar-refractivity contribution in [3.8, 4) is 11.5 Å². The van der Waals surface area contributed by atoms with E-state index in [0.29, 0.717) is 33.7 Å². The highest BCUT2D eigenvalue weighted by Gasteiger charge is 2.22. The normalized spacial score (nSPS) is 11.7. The van der Waals surface area contributed by atoms with E-state index in [4.69, 9.17) is 27.9 Å². The molecule has 4 rings (SSSR count). The Bertz CT molecular complexity index is 1710. The van der Waals surface area contributed by atoms with Crippen molar-refractivity contribution in [3.05, 3.63) is 81.8 Å². The maximum Gasteiger partial charge on any atom is 0.296 e. The van der Waals surface area contributed by atoms with Gasteiger partial charge in [0.25, 0.3) is 16.0 Å². The Morgan fingerprint density at radius 1 is 1.03 bits per heavy atom. The molecule has 4 aromatic carbocycles. The lowest BCUT2D eigenvalue weighted by atomic mass is 10.0. The van der Waals surface area contributed by atoms with E-state index in [1.54, 1.807) is 56.3 Å². The summed E-state index contributed by atoms with van der Waals surface area (Å²) in [4.78, 5) is 12.8. The summed E-state index contributed by atoms with van der Waals surface area (Å²) in [5.41, 5.74) is 0.228. The van der Waals surface area contributed by atoms with Crippen molar-refractivity contribution in [2.45, 2.75) is 18.7 Å². The first-order valence-electron chi connectivity index (χ1n) is 11.2. The second kappa shape index (κ2) is 11.0. The van der Waals surface area contributed by atoms with Gasteiger partial charge in [-0.15, -0.1) is 10.2 Å². The number of rotatable bonds is 7. The van der Waals surface area contributed by atoms with Gasteiger partial charge in [-0.2, -0.15) is 8.42 Å². The van der Waals surface area contributed by atoms with E-state index < -0.39 is 26.7 Å². The molecule has 0 aliphatic carbocycles. The zero-order valence-corrected chi connectivity index (χ0v) is 22.4. The molecule has 0 atom stereocenters. The van der Waals surface area contributed by atoms with Crippen LogP contribution < -0.4 is 10.1 Å². The molecule has 0 heterocycles. The van der Waals surface area contributed by atoms with Gasteiger partial charge in [0.05, 0.1) is 22.9 Å². The predicted molar refractivity (Wildman–Crippen MR) is 146 cm³/mol. The highest BCUT2D eigenvalue weighted by Crippen LogP contribution is 2.41. The number of aryl methyl sites for hydroxylation is 1. The average molecular weight is 574 g/mol. The molecule has 4 aromatic rings. The van der Waals surface area contributed by atoms with Gasteiger partial charge in [-0.1, -0.05) is 53.5 Å². The fourth-order valence-corrected chi connectivity index (χ4v) is 4.79. The molecule has 0 bridgehead atoms. The Morgan fingerprint density at radius 3 is 2.47 bits per heavy atom. The summed E-state index contributed by atoms with van der Waals surface area (Å²) >= 11 is 12.3. The second-order valence-corrected chi connectivity index (χ2v) is 10.3. The van der Waals surface area contributed by atoms with Gasteiger partial charge in [0.2, 0.25) is 0 Å². The van der Waals surface area contributed by atoms with Crippen molar-refractivity contribution in [2.75, 3.05) is 11.9 Å². The quantitative estimate of drug-likeness (QED) is 0.155. The van der Waals surface area contributed by atoms with Crippen LogP contribution in [0.4, 0.5) is 17.1 Å². The lowest BCUT2D eigenvalue weighted by Gasteiger charge is -2.14. The second-order valence-electron chi connectivity index (χ2n) is 8.09. The lowest BCUT2D eigenvalue weighted by Crippen LogP contribution is -2.13. The molecule has 1 amide bonds. The van der Waals surface area contributed by atoms with Crippen LogP contribution in [0, 0.1) is 6.92 Å². The van der Waals surface area contributed by atoms with Gasteiger partial charge in [0.1, 0.15) is 16.3 Å². The monoisotopic (exact) mass is 573 g/mol. The first kappa shape index (κ1) is 27.3. The molecule has 9 nitrogen and oxygen atoms in total. The van der Waals surface area contributed by atoms with Crippen molar-refractivity contribution >= 4 is 67.1 Å². The van der Waals surface area contributed by atoms with Crippen LogP contribution in [0.25, 0.3) is 10.8 Å². The summed E-state index contributed by atoms with van der Waals surface area (Å²) in [6.45, 7) is 3.65. The Balaban J connectivity index is 1.84. The number of para-hydroxylation sites is 1. The number of carbonyl (C=O) groups excluding carboxylic acids is 1. The number of phenolic OH excluding ortho intramolecular Hbond substituents is 1. The molecule has 0 radical (unpaired) electrons. The van der Waals surface area contributed by atoms with Gasteiger partial charge < -0.3 is 15.2 Å². The molecule has 0 aromatic heterocycles. The van der Waals surface area contributed by atoms with Crippen LogP contribution >= 0.6 is 23.2 Å². The molecule has 0 aliphatic rings. The van der Waals surface area contributed by atoms with E-state index in [9.17, 15) is 22.9 Å². The first-order chi connectivity index (χ1) is 18.0. The molecule has 38 heavy (non-hydrogen) atoms. The number of fused-ring (bicyclic) bond motifs is 1. The molecular weight excluding hydrogens is 553 g/mol. The molecule has 0 unspecified atom stereocenters. The Hall–Kier alpha value is -3.70. The van der Waals surface area contributed by atoms with Crippen molar-refractivity contribution in [2.24, 2.45) is 10.2 Å². The number of phenols is 1. The van der Waals surface area contributed by atoms with Crippen LogP contribution in [0.1, 0.15) is 22.8 Å². The van der Waals surface area contributed by atoms with E-state index in [1.165, 1.54) is 12.1 Å². The van der Waals surface area contributed by atoms with Crippen molar-refractivity contribution < 1.29 is 27.6 Å². The molecular formula is C26H21Cl2N3O6S. The smallest absolute Gasteiger partial charge is 0.296 e. The van der Waals surface area contributed by atoms with Crippen LogP contribution in [-0.2, 0) is 10.1 Å². The third-order valence-electron chi connectivity index (χ3n) is 5.52. The highest BCUT2D eigenvalue weighted by molar-refractivity contribution is 7.86. The third-order valence-corrected chi connectivity index (χ3v) is 7.11. The van der Waals surface area contributed by atoms with Crippen molar-refractivity contribution in [3.63, 3.8) is 0 Å². The number of anilines is 1. The number of ether oxygens (including phenoxy) is 1. The molecule has 0 saturated carbocycles. The van der Waals surface area contributed by atoms with E-state index >= 15 is 0 Å². The maximum atomic E-state index is 13.3. The minimum absolute atomic E-state index is 0.0950. The number of hydrogen-bond donors (Lipinski definition) is 3. The SMILES string of the molecule is CCOc1c(Cl)cccc1NC(=O)c1cc2ccccc2c(N=Nc2cc(Cl)c(C)cc2S(=O)(=O)O)c1O. The van der Waals surface area contributed by atoms with Gasteiger partial charge in [-0.05, 0) is 55.1 Å². The van der Waals surface area contributed by atoms with Crippen LogP contribution in [0.3, 0.4) is 0 Å². The summed E-state index contributed by atoms with van der Waals surface area (Å²) in [6, 6.07) is 15.5. The Labute approximate surface area is 228 Å². The van der Waals surface area contributed by atoms with E-state index in [-0.39, 0.29) is 27.7 Å². The minimum Gasteiger partial charge on any atom is -0.505 e. The number of aromatic hydroxyl groups is 1. The Kier molecular flexibility index (Phi) is 7.89. The number of carbonyl (C=O) groups is 1. The summed E-state index contributed by atoms with van der Waals surface area (Å²) < 4.78 is 39.0. The van der Waals surface area contributed by atoms with Gasteiger partial charge in [-0.25, -0.2) is 0 Å². The zero-order valence-electron chi connectivity index (χ0n) is 20.1. The van der Waals surface area contributed by atoms with E-state index in [1.807, 2.05) is 0 Å². The predicted octanol–water partition coefficient (Wildman–Crippen LogP) is 7.47. The standard InChI is InChI=1S/C26H21Cl2N3O6S/c1-3-37-25-18(27)9-6-10-20(25)29-26(33)17-12-15-7-4-5-8-16(15)23(24(17)32)31-30-21-13-19(28)14(2)11-22(21)38(34,35)36/h4-13,32H,3H2,1-2H3,(H,29,33)(H,34,35,36). The first-order valence-corrected chi connectivity index (χ1v) is 13.4. The fourth-order valence-electron chi connectivity index (χ4n) is 3.71. The summed E-state index contributed by atoms with van der Waals surface area (Å²) in [5.74, 6) is -0.902. The van der Waals surface area contributed by atoms with Crippen molar-refractivity contribution in [1.29, 1.82) is 0 Å². The molecule has 196 valence electrons. The van der Waals surface area contributed by atoms with Crippen LogP contribution in [0.5, 0.6) is 11.5 Å². The van der Waals surface area contributed by atoms with Gasteiger partial charge in [-0.3, -0.25) is 9.35 Å². The van der Waals surface area contributed by atoms with Gasteiger partial charge >= 0.3 is 0 Å². The number of nitrogens with one attached hydrogen (secondary N) is 1. The van der Waals surface area contributed by atoms with E-state index in [0.717, 1.165) is 6.07 Å². The number of azo groups is 1. The van der Waals surface area contributed by atoms with Crippen molar-refractivity contribution in [1.82, 2.24) is 0 Å². The third kappa shape index (κ3) is 5.58. The lowest BCUT2D eigenvalue weighted by molar-refractivity contribution is 0.102. The number of halogens is 2. The van der Waals surface area contributed by atoms with Gasteiger partial charge in [0, 0.05) is 10.4 Å². The maximum absolute atomic E-state index is 13.3. The molecule has 12 heteroatoms. The van der Waals surface area contributed by atoms with Gasteiger partial charge in [0.15, 0.2) is 11.5 Å². The van der Waals surface area contributed by atoms with Crippen LogP contribution in [0.15, 0.2) is 75.8 Å². The number of benzene rings is 4. The topological polar surface area (TPSA) is 138 Å². The summed E-state index contributed by atoms with van der Waals surface area (Å²) in [7, 11) is -4.66. The van der Waals surface area contributed by atoms with E-state index in [2.05, 4.69) is 15.5 Å². The average Bonchev–Trinajstić information content (AvgIpc) is 2.86. The Morgan fingerprint density at radius 2 is 1.76 bits per heavy atom. The van der Waals surface area contributed by atoms with Crippen LogP contribution in [-0.4, -0.2) is 30.6 Å². The summed E-state index contributed by atoms with van der Waals surface area (Å²) in [5, 5.41) is 23.3. The summed E-state index contributed by atoms with van der Waals surface area (Å²) in [6.07, 6.45) is 0. The number of amides is 1. The van der Waals surface area contributed by atoms with Crippen LogP contribution in [0.2, 0.25) is 10.0 Å². The number of nitrogens with zero attached hydrogens (tertiary/aromatic N) is 2. The molecule has 3 N–H and O–H groups in total. The molecule has 0 aliphatic heterocycles. The molecule has 0 fully saturated rings. The molecule has 0 saturated heterocycles. The fraction of sp³-hybridized carbons (Fsp3) is 0.115.